The molecule has 1 aliphatic rings. The first kappa shape index (κ1) is 15.8. The van der Waals surface area contributed by atoms with Crippen molar-refractivity contribution in [1.82, 2.24) is 15.2 Å². The normalized spacial score (nSPS) is 21.5. The summed E-state index contributed by atoms with van der Waals surface area (Å²) in [5.74, 6) is -0.790. The number of nitrogens with one attached hydrogen (secondary N) is 1. The van der Waals surface area contributed by atoms with Gasteiger partial charge in [0.15, 0.2) is 0 Å². The third kappa shape index (κ3) is 3.72. The molecular weight excluding hydrogens is 290 g/mol. The highest BCUT2D eigenvalue weighted by molar-refractivity contribution is 7.07. The standard InChI is InChI=1S/C14H21N3O3S/c1-2-4-14(12(18)19)5-7-17(9-14)13(20)15-6-3-11-8-21-10-16-11/h8,10H,2-7,9H2,1H3,(H,15,20)(H,18,19). The fourth-order valence-corrected chi connectivity index (χ4v) is 3.37. The third-order valence-corrected chi connectivity index (χ3v) is 4.60. The molecule has 1 unspecified atom stereocenters. The number of carboxylic acid groups (broad SMARTS) is 1. The van der Waals surface area contributed by atoms with E-state index in [1.807, 2.05) is 12.3 Å². The number of thiazole rings is 1. The zero-order valence-corrected chi connectivity index (χ0v) is 13.0. The van der Waals surface area contributed by atoms with E-state index >= 15 is 0 Å². The van der Waals surface area contributed by atoms with Gasteiger partial charge in [0.2, 0.25) is 0 Å². The molecule has 0 spiro atoms. The Labute approximate surface area is 128 Å². The fourth-order valence-electron chi connectivity index (χ4n) is 2.78. The number of likely N-dealkylation sites (tertiary alicyclic amines) is 1. The van der Waals surface area contributed by atoms with Crippen LogP contribution in [0.3, 0.4) is 0 Å². The Morgan fingerprint density at radius 3 is 3.00 bits per heavy atom. The maximum atomic E-state index is 12.1. The van der Waals surface area contributed by atoms with Gasteiger partial charge in [0, 0.05) is 31.4 Å². The van der Waals surface area contributed by atoms with E-state index in [1.165, 1.54) is 11.3 Å². The summed E-state index contributed by atoms with van der Waals surface area (Å²) in [6.07, 6.45) is 2.66. The van der Waals surface area contributed by atoms with Gasteiger partial charge in [-0.15, -0.1) is 11.3 Å². The molecule has 1 atom stereocenters. The van der Waals surface area contributed by atoms with E-state index in [0.29, 0.717) is 38.9 Å². The van der Waals surface area contributed by atoms with Crippen molar-refractivity contribution in [2.45, 2.75) is 32.6 Å². The van der Waals surface area contributed by atoms with E-state index in [9.17, 15) is 14.7 Å². The number of carbonyl (C=O) groups excluding carboxylic acids is 1. The van der Waals surface area contributed by atoms with Crippen molar-refractivity contribution in [3.05, 3.63) is 16.6 Å². The van der Waals surface area contributed by atoms with Gasteiger partial charge in [-0.3, -0.25) is 4.79 Å². The molecule has 1 saturated heterocycles. The van der Waals surface area contributed by atoms with Crippen LogP contribution in [0.15, 0.2) is 10.9 Å². The van der Waals surface area contributed by atoms with Gasteiger partial charge in [0.05, 0.1) is 16.6 Å². The second-order valence-electron chi connectivity index (χ2n) is 5.47. The Morgan fingerprint density at radius 2 is 2.38 bits per heavy atom. The molecule has 0 saturated carbocycles. The van der Waals surface area contributed by atoms with Gasteiger partial charge in [0.25, 0.3) is 0 Å². The summed E-state index contributed by atoms with van der Waals surface area (Å²) in [4.78, 5) is 29.4. The van der Waals surface area contributed by atoms with Crippen LogP contribution in [0.25, 0.3) is 0 Å². The number of carbonyl (C=O) groups is 2. The van der Waals surface area contributed by atoms with Crippen molar-refractivity contribution in [3.63, 3.8) is 0 Å². The molecule has 6 nitrogen and oxygen atoms in total. The maximum Gasteiger partial charge on any atom is 0.317 e. The molecule has 2 heterocycles. The fraction of sp³-hybridized carbons (Fsp3) is 0.643. The second-order valence-corrected chi connectivity index (χ2v) is 6.19. The van der Waals surface area contributed by atoms with Crippen LogP contribution < -0.4 is 5.32 Å². The van der Waals surface area contributed by atoms with Crippen LogP contribution in [0.4, 0.5) is 4.79 Å². The lowest BCUT2D eigenvalue weighted by Crippen LogP contribution is -2.42. The Kier molecular flexibility index (Phi) is 5.17. The van der Waals surface area contributed by atoms with Gasteiger partial charge < -0.3 is 15.3 Å². The summed E-state index contributed by atoms with van der Waals surface area (Å²) in [5, 5.41) is 14.2. The molecule has 21 heavy (non-hydrogen) atoms. The Morgan fingerprint density at radius 1 is 1.57 bits per heavy atom. The van der Waals surface area contributed by atoms with Crippen LogP contribution in [0.1, 0.15) is 31.9 Å². The van der Waals surface area contributed by atoms with Crippen molar-refractivity contribution in [2.24, 2.45) is 5.41 Å². The topological polar surface area (TPSA) is 82.5 Å². The number of urea groups is 1. The third-order valence-electron chi connectivity index (χ3n) is 3.96. The number of aromatic nitrogens is 1. The van der Waals surface area contributed by atoms with Crippen molar-refractivity contribution < 1.29 is 14.7 Å². The Bertz CT molecular complexity index is 492. The maximum absolute atomic E-state index is 12.1. The van der Waals surface area contributed by atoms with Crippen molar-refractivity contribution in [1.29, 1.82) is 0 Å². The summed E-state index contributed by atoms with van der Waals surface area (Å²) in [7, 11) is 0. The predicted octanol–water partition coefficient (Wildman–Crippen LogP) is 1.97. The first-order chi connectivity index (χ1) is 10.1. The van der Waals surface area contributed by atoms with E-state index in [4.69, 9.17) is 0 Å². The lowest BCUT2D eigenvalue weighted by molar-refractivity contribution is -0.148. The van der Waals surface area contributed by atoms with Crippen LogP contribution in [0.5, 0.6) is 0 Å². The molecule has 0 bridgehead atoms. The van der Waals surface area contributed by atoms with Gasteiger partial charge in [0.1, 0.15) is 0 Å². The molecule has 116 valence electrons. The van der Waals surface area contributed by atoms with E-state index < -0.39 is 11.4 Å². The minimum absolute atomic E-state index is 0.176. The average Bonchev–Trinajstić information content (AvgIpc) is 3.09. The van der Waals surface area contributed by atoms with E-state index in [2.05, 4.69) is 10.3 Å². The van der Waals surface area contributed by atoms with E-state index in [0.717, 1.165) is 12.1 Å². The van der Waals surface area contributed by atoms with Crippen LogP contribution in [0, 0.1) is 5.41 Å². The first-order valence-corrected chi connectivity index (χ1v) is 8.15. The van der Waals surface area contributed by atoms with Crippen molar-refractivity contribution >= 4 is 23.3 Å². The molecule has 0 radical (unpaired) electrons. The number of carboxylic acids is 1. The molecule has 7 heteroatoms. The Balaban J connectivity index is 1.82. The molecule has 0 aromatic carbocycles. The largest absolute Gasteiger partial charge is 0.481 e. The smallest absolute Gasteiger partial charge is 0.317 e. The number of nitrogens with zero attached hydrogens (tertiary/aromatic N) is 2. The molecule has 2 N–H and O–H groups in total. The van der Waals surface area contributed by atoms with Gasteiger partial charge >= 0.3 is 12.0 Å². The minimum atomic E-state index is -0.790. The lowest BCUT2D eigenvalue weighted by Gasteiger charge is -2.24. The van der Waals surface area contributed by atoms with Crippen LogP contribution in [-0.4, -0.2) is 46.6 Å². The van der Waals surface area contributed by atoms with E-state index in [1.54, 1.807) is 10.4 Å². The number of hydrogen-bond donors (Lipinski definition) is 2. The van der Waals surface area contributed by atoms with Gasteiger partial charge in [-0.2, -0.15) is 0 Å². The number of amides is 2. The van der Waals surface area contributed by atoms with E-state index in [-0.39, 0.29) is 6.03 Å². The quantitative estimate of drug-likeness (QED) is 0.841. The second kappa shape index (κ2) is 6.89. The predicted molar refractivity (Wildman–Crippen MR) is 80.4 cm³/mol. The summed E-state index contributed by atoms with van der Waals surface area (Å²) in [5.41, 5.74) is 1.97. The number of aliphatic carboxylic acids is 1. The molecular formula is C14H21N3O3S. The molecule has 1 aromatic rings. The highest BCUT2D eigenvalue weighted by atomic mass is 32.1. The first-order valence-electron chi connectivity index (χ1n) is 7.20. The van der Waals surface area contributed by atoms with Gasteiger partial charge in [-0.05, 0) is 12.8 Å². The van der Waals surface area contributed by atoms with Crippen LogP contribution in [-0.2, 0) is 11.2 Å². The summed E-state index contributed by atoms with van der Waals surface area (Å²) in [6, 6.07) is -0.176. The Hall–Kier alpha value is -1.63. The molecule has 2 amide bonds. The van der Waals surface area contributed by atoms with Crippen LogP contribution in [0.2, 0.25) is 0 Å². The summed E-state index contributed by atoms with van der Waals surface area (Å²) >= 11 is 1.53. The van der Waals surface area contributed by atoms with Crippen LogP contribution >= 0.6 is 11.3 Å². The van der Waals surface area contributed by atoms with Gasteiger partial charge in [-0.25, -0.2) is 9.78 Å². The summed E-state index contributed by atoms with van der Waals surface area (Å²) < 4.78 is 0. The lowest BCUT2D eigenvalue weighted by atomic mass is 9.83. The molecule has 0 aliphatic carbocycles. The minimum Gasteiger partial charge on any atom is -0.481 e. The van der Waals surface area contributed by atoms with Crippen molar-refractivity contribution in [3.8, 4) is 0 Å². The SMILES string of the molecule is CCCC1(C(=O)O)CCN(C(=O)NCCc2cscn2)C1. The molecule has 1 aromatic heterocycles. The molecule has 2 rings (SSSR count). The highest BCUT2D eigenvalue weighted by Gasteiger charge is 2.45. The average molecular weight is 311 g/mol. The highest BCUT2D eigenvalue weighted by Crippen LogP contribution is 2.35. The zero-order valence-electron chi connectivity index (χ0n) is 12.2. The summed E-state index contributed by atoms with van der Waals surface area (Å²) in [6.45, 7) is 3.31. The number of rotatable bonds is 6. The molecule has 1 aliphatic heterocycles. The monoisotopic (exact) mass is 311 g/mol. The van der Waals surface area contributed by atoms with Gasteiger partial charge in [-0.1, -0.05) is 13.3 Å². The molecule has 1 fully saturated rings. The number of hydrogen-bond acceptors (Lipinski definition) is 4. The van der Waals surface area contributed by atoms with Crippen molar-refractivity contribution in [2.75, 3.05) is 19.6 Å². The zero-order chi connectivity index (χ0) is 15.3.